The van der Waals surface area contributed by atoms with Crippen LogP contribution in [0, 0.1) is 0 Å². The van der Waals surface area contributed by atoms with Crippen LogP contribution < -0.4 is 9.47 Å². The van der Waals surface area contributed by atoms with Crippen molar-refractivity contribution in [2.75, 3.05) is 13.2 Å². The van der Waals surface area contributed by atoms with Gasteiger partial charge in [0.25, 0.3) is 0 Å². The molecule has 0 heterocycles. The third-order valence-electron chi connectivity index (χ3n) is 2.11. The first-order valence-corrected chi connectivity index (χ1v) is 5.75. The Kier molecular flexibility index (Phi) is 4.90. The Morgan fingerprint density at radius 3 is 2.12 bits per heavy atom. The Balaban J connectivity index is 3.14. The van der Waals surface area contributed by atoms with Crippen LogP contribution in [-0.4, -0.2) is 18.3 Å². The van der Waals surface area contributed by atoms with Gasteiger partial charge in [0.1, 0.15) is 0 Å². The Morgan fingerprint density at radius 2 is 1.69 bits per heavy atom. The van der Waals surface area contributed by atoms with E-state index < -0.39 is 6.10 Å². The smallest absolute Gasteiger partial charge is 0.162 e. The molecule has 0 amide bonds. The summed E-state index contributed by atoms with van der Waals surface area (Å²) in [7, 11) is 0. The number of halogens is 1. The molecule has 0 fully saturated rings. The molecule has 4 heteroatoms. The lowest BCUT2D eigenvalue weighted by Gasteiger charge is -2.15. The molecule has 16 heavy (non-hydrogen) atoms. The SMILES string of the molecule is CCOc1cc(Cl)c([C@@H](C)O)cc1OCC. The fourth-order valence-corrected chi connectivity index (χ4v) is 1.72. The lowest BCUT2D eigenvalue weighted by atomic mass is 10.1. The molecule has 3 nitrogen and oxygen atoms in total. The predicted octanol–water partition coefficient (Wildman–Crippen LogP) is 3.19. The molecule has 1 N–H and O–H groups in total. The van der Waals surface area contributed by atoms with Crippen molar-refractivity contribution >= 4 is 11.6 Å². The molecule has 0 aliphatic heterocycles. The van der Waals surface area contributed by atoms with Gasteiger partial charge in [-0.05, 0) is 26.8 Å². The maximum absolute atomic E-state index is 9.54. The predicted molar refractivity (Wildman–Crippen MR) is 64.4 cm³/mol. The van der Waals surface area contributed by atoms with Gasteiger partial charge in [-0.2, -0.15) is 0 Å². The molecule has 0 radical (unpaired) electrons. The van der Waals surface area contributed by atoms with Crippen molar-refractivity contribution in [2.24, 2.45) is 0 Å². The van der Waals surface area contributed by atoms with Gasteiger partial charge in [-0.15, -0.1) is 0 Å². The van der Waals surface area contributed by atoms with Crippen LogP contribution in [0.2, 0.25) is 5.02 Å². The summed E-state index contributed by atoms with van der Waals surface area (Å²) in [6, 6.07) is 3.40. The second kappa shape index (κ2) is 5.97. The third-order valence-corrected chi connectivity index (χ3v) is 2.44. The summed E-state index contributed by atoms with van der Waals surface area (Å²) in [5.41, 5.74) is 0.647. The monoisotopic (exact) mass is 244 g/mol. The van der Waals surface area contributed by atoms with E-state index in [2.05, 4.69) is 0 Å². The molecule has 0 spiro atoms. The maximum Gasteiger partial charge on any atom is 0.162 e. The average molecular weight is 245 g/mol. The highest BCUT2D eigenvalue weighted by Gasteiger charge is 2.13. The quantitative estimate of drug-likeness (QED) is 0.865. The van der Waals surface area contributed by atoms with Crippen molar-refractivity contribution in [3.8, 4) is 11.5 Å². The van der Waals surface area contributed by atoms with E-state index in [1.54, 1.807) is 19.1 Å². The van der Waals surface area contributed by atoms with Crippen LogP contribution in [0.15, 0.2) is 12.1 Å². The highest BCUT2D eigenvalue weighted by molar-refractivity contribution is 6.31. The minimum atomic E-state index is -0.623. The molecule has 1 aromatic carbocycles. The minimum absolute atomic E-state index is 0.488. The van der Waals surface area contributed by atoms with E-state index in [-0.39, 0.29) is 0 Å². The van der Waals surface area contributed by atoms with Gasteiger partial charge in [-0.1, -0.05) is 11.6 Å². The number of aliphatic hydroxyl groups is 1. The lowest BCUT2D eigenvalue weighted by Crippen LogP contribution is -2.01. The zero-order chi connectivity index (χ0) is 12.1. The van der Waals surface area contributed by atoms with Crippen LogP contribution in [0.1, 0.15) is 32.4 Å². The molecule has 0 bridgehead atoms. The topological polar surface area (TPSA) is 38.7 Å². The molecule has 1 rings (SSSR count). The summed E-state index contributed by atoms with van der Waals surface area (Å²) in [5.74, 6) is 1.23. The normalized spacial score (nSPS) is 12.3. The second-order valence-electron chi connectivity index (χ2n) is 3.36. The van der Waals surface area contributed by atoms with Crippen molar-refractivity contribution in [3.63, 3.8) is 0 Å². The molecule has 1 aromatic rings. The molecule has 0 unspecified atom stereocenters. The van der Waals surface area contributed by atoms with Gasteiger partial charge in [-0.25, -0.2) is 0 Å². The molecule has 0 aliphatic carbocycles. The Bertz CT molecular complexity index is 350. The van der Waals surface area contributed by atoms with Crippen molar-refractivity contribution in [1.29, 1.82) is 0 Å². The van der Waals surface area contributed by atoms with Crippen LogP contribution >= 0.6 is 11.6 Å². The van der Waals surface area contributed by atoms with E-state index in [0.717, 1.165) is 0 Å². The summed E-state index contributed by atoms with van der Waals surface area (Å²) in [6.07, 6.45) is -0.623. The molecule has 0 aromatic heterocycles. The summed E-state index contributed by atoms with van der Waals surface area (Å²) >= 11 is 6.04. The zero-order valence-corrected chi connectivity index (χ0v) is 10.5. The molecule has 0 aliphatic rings. The Morgan fingerprint density at radius 1 is 1.19 bits per heavy atom. The maximum atomic E-state index is 9.54. The summed E-state index contributed by atoms with van der Waals surface area (Å²) in [6.45, 7) is 6.54. The number of rotatable bonds is 5. The highest BCUT2D eigenvalue weighted by atomic mass is 35.5. The van der Waals surface area contributed by atoms with E-state index in [9.17, 15) is 5.11 Å². The number of aliphatic hydroxyl groups excluding tert-OH is 1. The molecular weight excluding hydrogens is 228 g/mol. The number of hydrogen-bond acceptors (Lipinski definition) is 3. The first-order chi connectivity index (χ1) is 7.60. The van der Waals surface area contributed by atoms with Crippen molar-refractivity contribution < 1.29 is 14.6 Å². The minimum Gasteiger partial charge on any atom is -0.490 e. The van der Waals surface area contributed by atoms with Gasteiger partial charge in [0.2, 0.25) is 0 Å². The van der Waals surface area contributed by atoms with Gasteiger partial charge in [0.15, 0.2) is 11.5 Å². The first kappa shape index (κ1) is 13.1. The number of ether oxygens (including phenoxy) is 2. The molecule has 0 saturated carbocycles. The zero-order valence-electron chi connectivity index (χ0n) is 9.79. The van der Waals surface area contributed by atoms with Gasteiger partial charge >= 0.3 is 0 Å². The van der Waals surface area contributed by atoms with Gasteiger partial charge in [0, 0.05) is 11.6 Å². The standard InChI is InChI=1S/C12H17ClO3/c1-4-15-11-6-9(8(3)14)10(13)7-12(11)16-5-2/h6-8,14H,4-5H2,1-3H3/t8-/m1/s1. The van der Waals surface area contributed by atoms with E-state index >= 15 is 0 Å². The highest BCUT2D eigenvalue weighted by Crippen LogP contribution is 2.36. The van der Waals surface area contributed by atoms with Crippen molar-refractivity contribution in [3.05, 3.63) is 22.7 Å². The first-order valence-electron chi connectivity index (χ1n) is 5.37. The average Bonchev–Trinajstić information content (AvgIpc) is 2.22. The van der Waals surface area contributed by atoms with E-state index in [1.165, 1.54) is 0 Å². The van der Waals surface area contributed by atoms with E-state index in [0.29, 0.717) is 35.3 Å². The molecular formula is C12H17ClO3. The summed E-state index contributed by atoms with van der Waals surface area (Å²) in [4.78, 5) is 0. The van der Waals surface area contributed by atoms with Crippen molar-refractivity contribution in [1.82, 2.24) is 0 Å². The summed E-state index contributed by atoms with van der Waals surface area (Å²) in [5, 5.41) is 10.0. The molecule has 90 valence electrons. The second-order valence-corrected chi connectivity index (χ2v) is 3.77. The van der Waals surface area contributed by atoms with Crippen LogP contribution in [0.4, 0.5) is 0 Å². The Labute approximate surface area is 101 Å². The third kappa shape index (κ3) is 3.03. The van der Waals surface area contributed by atoms with Crippen LogP contribution in [0.5, 0.6) is 11.5 Å². The van der Waals surface area contributed by atoms with E-state index in [1.807, 2.05) is 13.8 Å². The van der Waals surface area contributed by atoms with Crippen molar-refractivity contribution in [2.45, 2.75) is 26.9 Å². The fraction of sp³-hybridized carbons (Fsp3) is 0.500. The van der Waals surface area contributed by atoms with Gasteiger partial charge in [-0.3, -0.25) is 0 Å². The molecule has 1 atom stereocenters. The van der Waals surface area contributed by atoms with E-state index in [4.69, 9.17) is 21.1 Å². The molecule has 0 saturated heterocycles. The van der Waals surface area contributed by atoms with Crippen LogP contribution in [0.25, 0.3) is 0 Å². The number of benzene rings is 1. The largest absolute Gasteiger partial charge is 0.490 e. The van der Waals surface area contributed by atoms with Gasteiger partial charge < -0.3 is 14.6 Å². The summed E-state index contributed by atoms with van der Waals surface area (Å²) < 4.78 is 10.9. The lowest BCUT2D eigenvalue weighted by molar-refractivity contribution is 0.198. The van der Waals surface area contributed by atoms with Crippen LogP contribution in [-0.2, 0) is 0 Å². The van der Waals surface area contributed by atoms with Gasteiger partial charge in [0.05, 0.1) is 24.3 Å². The fourth-order valence-electron chi connectivity index (χ4n) is 1.41. The number of hydrogen-bond donors (Lipinski definition) is 1. The van der Waals surface area contributed by atoms with Crippen LogP contribution in [0.3, 0.4) is 0 Å². The Hall–Kier alpha value is -0.930.